The topological polar surface area (TPSA) is 80.5 Å². The number of nitrogens with two attached hydrogens (primary N) is 1. The number of amides is 1. The minimum absolute atomic E-state index is 0.0290. The molecule has 0 saturated heterocycles. The van der Waals surface area contributed by atoms with Crippen LogP contribution in [-0.4, -0.2) is 21.4 Å². The first kappa shape index (κ1) is 15.9. The average molecular weight is 326 g/mol. The van der Waals surface area contributed by atoms with Crippen molar-refractivity contribution >= 4 is 21.6 Å². The number of para-hydroxylation sites is 1. The monoisotopic (exact) mass is 326 g/mol. The second kappa shape index (κ2) is 5.72. The molecule has 0 heterocycles. The first-order valence-corrected chi connectivity index (χ1v) is 7.52. The summed E-state index contributed by atoms with van der Waals surface area (Å²) in [4.78, 5) is 10.6. The molecular weight excluding hydrogens is 314 g/mol. The van der Waals surface area contributed by atoms with Gasteiger partial charge in [-0.15, -0.1) is 0 Å². The number of hydrogen-bond acceptors (Lipinski definition) is 3. The van der Waals surface area contributed by atoms with Crippen LogP contribution in [0.15, 0.2) is 47.4 Å². The van der Waals surface area contributed by atoms with Gasteiger partial charge in [-0.25, -0.2) is 17.2 Å². The summed E-state index contributed by atoms with van der Waals surface area (Å²) in [6.45, 7) is 0. The number of sulfonamides is 1. The smallest absolute Gasteiger partial charge is 0.267 e. The van der Waals surface area contributed by atoms with E-state index in [0.717, 1.165) is 25.2 Å². The van der Waals surface area contributed by atoms with Gasteiger partial charge in [0, 0.05) is 7.05 Å². The first-order chi connectivity index (χ1) is 10.3. The lowest BCUT2D eigenvalue weighted by Gasteiger charge is -2.21. The molecule has 0 atom stereocenters. The summed E-state index contributed by atoms with van der Waals surface area (Å²) in [6.07, 6.45) is 0. The van der Waals surface area contributed by atoms with Crippen molar-refractivity contribution in [3.8, 4) is 0 Å². The van der Waals surface area contributed by atoms with E-state index in [1.54, 1.807) is 0 Å². The third-order valence-electron chi connectivity index (χ3n) is 3.06. The lowest BCUT2D eigenvalue weighted by Crippen LogP contribution is -2.30. The Kier molecular flexibility index (Phi) is 4.14. The van der Waals surface area contributed by atoms with Crippen molar-refractivity contribution in [3.63, 3.8) is 0 Å². The maximum absolute atomic E-state index is 13.8. The van der Waals surface area contributed by atoms with Crippen LogP contribution in [0.4, 0.5) is 14.5 Å². The van der Waals surface area contributed by atoms with Crippen LogP contribution in [0.5, 0.6) is 0 Å². The lowest BCUT2D eigenvalue weighted by molar-refractivity contribution is 0.100. The molecule has 0 aromatic heterocycles. The third kappa shape index (κ3) is 2.64. The Morgan fingerprint density at radius 2 is 1.73 bits per heavy atom. The van der Waals surface area contributed by atoms with Crippen molar-refractivity contribution in [2.45, 2.75) is 4.90 Å². The number of anilines is 1. The Balaban J connectivity index is 2.60. The fourth-order valence-electron chi connectivity index (χ4n) is 1.92. The van der Waals surface area contributed by atoms with Gasteiger partial charge in [-0.1, -0.05) is 18.2 Å². The van der Waals surface area contributed by atoms with E-state index in [2.05, 4.69) is 0 Å². The van der Waals surface area contributed by atoms with Crippen molar-refractivity contribution in [3.05, 3.63) is 59.7 Å². The van der Waals surface area contributed by atoms with Crippen molar-refractivity contribution < 1.29 is 22.0 Å². The van der Waals surface area contributed by atoms with Crippen molar-refractivity contribution in [2.75, 3.05) is 11.4 Å². The van der Waals surface area contributed by atoms with Crippen LogP contribution in [0.1, 0.15) is 10.4 Å². The summed E-state index contributed by atoms with van der Waals surface area (Å²) in [7, 11) is -3.26. The summed E-state index contributed by atoms with van der Waals surface area (Å²) in [5.74, 6) is -3.60. The number of hydrogen-bond donors (Lipinski definition) is 1. The summed E-state index contributed by atoms with van der Waals surface area (Å²) < 4.78 is 52.6. The van der Waals surface area contributed by atoms with Crippen LogP contribution in [0.3, 0.4) is 0 Å². The van der Waals surface area contributed by atoms with Gasteiger partial charge in [0.05, 0.1) is 11.3 Å². The van der Waals surface area contributed by atoms with Crippen molar-refractivity contribution in [2.24, 2.45) is 5.73 Å². The highest BCUT2D eigenvalue weighted by Crippen LogP contribution is 2.27. The number of rotatable bonds is 4. The Bertz CT molecular complexity index is 838. The Hall–Kier alpha value is -2.48. The van der Waals surface area contributed by atoms with Gasteiger partial charge in [0.2, 0.25) is 0 Å². The number of benzene rings is 2. The van der Waals surface area contributed by atoms with Crippen LogP contribution in [0, 0.1) is 11.6 Å². The maximum Gasteiger partial charge on any atom is 0.267 e. The molecule has 0 bridgehead atoms. The van der Waals surface area contributed by atoms with Crippen molar-refractivity contribution in [1.29, 1.82) is 0 Å². The molecule has 0 aliphatic heterocycles. The van der Waals surface area contributed by atoms with Gasteiger partial charge in [0.1, 0.15) is 4.90 Å². The van der Waals surface area contributed by atoms with E-state index < -0.39 is 32.5 Å². The summed E-state index contributed by atoms with van der Waals surface area (Å²) >= 11 is 0. The number of nitrogens with zero attached hydrogens (tertiary/aromatic N) is 1. The summed E-state index contributed by atoms with van der Waals surface area (Å²) in [5.41, 5.74) is 5.11. The Labute approximate surface area is 126 Å². The molecule has 2 aromatic carbocycles. The molecular formula is C14H12F2N2O3S. The zero-order chi connectivity index (χ0) is 16.5. The van der Waals surface area contributed by atoms with Crippen LogP contribution in [0.2, 0.25) is 0 Å². The molecule has 1 amide bonds. The Morgan fingerprint density at radius 1 is 1.09 bits per heavy atom. The van der Waals surface area contributed by atoms with E-state index in [1.165, 1.54) is 24.3 Å². The molecule has 0 spiro atoms. The largest absolute Gasteiger partial charge is 0.366 e. The van der Waals surface area contributed by atoms with E-state index in [0.29, 0.717) is 4.31 Å². The molecule has 0 unspecified atom stereocenters. The number of halogens is 2. The molecule has 0 fully saturated rings. The average Bonchev–Trinajstić information content (AvgIpc) is 2.49. The van der Waals surface area contributed by atoms with Crippen LogP contribution in [-0.2, 0) is 10.0 Å². The van der Waals surface area contributed by atoms with Crippen LogP contribution >= 0.6 is 0 Å². The lowest BCUT2D eigenvalue weighted by atomic mass is 10.2. The van der Waals surface area contributed by atoms with Gasteiger partial charge >= 0.3 is 0 Å². The Morgan fingerprint density at radius 3 is 2.36 bits per heavy atom. The van der Waals surface area contributed by atoms with Gasteiger partial charge in [0.25, 0.3) is 15.9 Å². The number of carbonyl (C=O) groups is 1. The molecule has 116 valence electrons. The molecule has 2 aromatic rings. The number of primary amides is 1. The molecule has 8 heteroatoms. The fourth-order valence-corrected chi connectivity index (χ4v) is 3.20. The van der Waals surface area contributed by atoms with Gasteiger partial charge in [0.15, 0.2) is 11.6 Å². The van der Waals surface area contributed by atoms with Gasteiger partial charge in [-0.2, -0.15) is 0 Å². The van der Waals surface area contributed by atoms with Crippen molar-refractivity contribution in [1.82, 2.24) is 0 Å². The third-order valence-corrected chi connectivity index (χ3v) is 4.85. The normalized spacial score (nSPS) is 11.2. The molecule has 0 radical (unpaired) electrons. The quantitative estimate of drug-likeness (QED) is 0.931. The van der Waals surface area contributed by atoms with E-state index in [4.69, 9.17) is 5.73 Å². The maximum atomic E-state index is 13.8. The standard InChI is InChI=1S/C14H12F2N2O3S/c1-18(11-7-3-2-5-9(11)14(17)19)22(20,21)12-8-4-6-10(15)13(12)16/h2-8H,1H3,(H2,17,19). The molecule has 22 heavy (non-hydrogen) atoms. The second-order valence-corrected chi connectivity index (χ2v) is 6.34. The zero-order valence-corrected chi connectivity index (χ0v) is 12.3. The van der Waals surface area contributed by atoms with Gasteiger partial charge < -0.3 is 5.73 Å². The minimum Gasteiger partial charge on any atom is -0.366 e. The molecule has 5 nitrogen and oxygen atoms in total. The first-order valence-electron chi connectivity index (χ1n) is 6.08. The van der Waals surface area contributed by atoms with E-state index in [9.17, 15) is 22.0 Å². The highest BCUT2D eigenvalue weighted by atomic mass is 32.2. The predicted molar refractivity (Wildman–Crippen MR) is 76.9 cm³/mol. The SMILES string of the molecule is CN(c1ccccc1C(N)=O)S(=O)(=O)c1cccc(F)c1F. The minimum atomic E-state index is -4.39. The molecule has 0 aliphatic carbocycles. The highest BCUT2D eigenvalue weighted by Gasteiger charge is 2.28. The predicted octanol–water partition coefficient (Wildman–Crippen LogP) is 1.89. The van der Waals surface area contributed by atoms with Crippen LogP contribution < -0.4 is 10.0 Å². The summed E-state index contributed by atoms with van der Waals surface area (Å²) in [6, 6.07) is 8.52. The molecule has 0 saturated carbocycles. The number of carbonyl (C=O) groups excluding carboxylic acids is 1. The van der Waals surface area contributed by atoms with E-state index >= 15 is 0 Å². The van der Waals surface area contributed by atoms with Gasteiger partial charge in [-0.05, 0) is 24.3 Å². The zero-order valence-electron chi connectivity index (χ0n) is 11.5. The molecule has 0 aliphatic rings. The summed E-state index contributed by atoms with van der Waals surface area (Å²) in [5, 5.41) is 0. The van der Waals surface area contributed by atoms with Gasteiger partial charge in [-0.3, -0.25) is 9.10 Å². The highest BCUT2D eigenvalue weighted by molar-refractivity contribution is 7.92. The fraction of sp³-hybridized carbons (Fsp3) is 0.0714. The molecule has 2 N–H and O–H groups in total. The second-order valence-electron chi connectivity index (χ2n) is 4.41. The molecule has 2 rings (SSSR count). The van der Waals surface area contributed by atoms with Crippen LogP contribution in [0.25, 0.3) is 0 Å². The van der Waals surface area contributed by atoms with E-state index in [-0.39, 0.29) is 11.3 Å². The van der Waals surface area contributed by atoms with E-state index in [1.807, 2.05) is 0 Å².